The lowest BCUT2D eigenvalue weighted by Gasteiger charge is -2.20. The molecule has 1 aliphatic rings. The van der Waals surface area contributed by atoms with Gasteiger partial charge in [-0.05, 0) is 30.9 Å². The number of aromatic carboxylic acids is 1. The van der Waals surface area contributed by atoms with Crippen LogP contribution in [0.25, 0.3) is 0 Å². The molecule has 0 aliphatic carbocycles. The average molecular weight is 276 g/mol. The Hall–Kier alpha value is -1.91. The molecule has 5 heteroatoms. The van der Waals surface area contributed by atoms with Crippen LogP contribution in [-0.4, -0.2) is 33.4 Å². The zero-order valence-electron chi connectivity index (χ0n) is 11.7. The quantitative estimate of drug-likeness (QED) is 0.916. The van der Waals surface area contributed by atoms with Gasteiger partial charge in [-0.15, -0.1) is 0 Å². The number of amides is 1. The molecule has 0 spiro atoms. The van der Waals surface area contributed by atoms with Crippen molar-refractivity contribution in [3.8, 4) is 0 Å². The number of carbonyl (C=O) groups excluding carboxylic acids is 1. The molecule has 2 heterocycles. The third kappa shape index (κ3) is 3.56. The van der Waals surface area contributed by atoms with Crippen molar-refractivity contribution in [3.05, 3.63) is 29.6 Å². The van der Waals surface area contributed by atoms with Gasteiger partial charge in [-0.2, -0.15) is 0 Å². The minimum atomic E-state index is -0.985. The molecule has 0 radical (unpaired) electrons. The molecule has 1 N–H and O–H groups in total. The lowest BCUT2D eigenvalue weighted by atomic mass is 9.98. The van der Waals surface area contributed by atoms with E-state index in [1.807, 2.05) is 4.90 Å². The first-order chi connectivity index (χ1) is 9.60. The molecule has 0 aromatic carbocycles. The molecule has 0 bridgehead atoms. The van der Waals surface area contributed by atoms with E-state index in [0.29, 0.717) is 18.9 Å². The SMILES string of the molecule is CCC1CCC(=O)N(Cc2ccc(C(=O)O)cn2)CC1. The molecule has 5 nitrogen and oxygen atoms in total. The maximum atomic E-state index is 12.1. The van der Waals surface area contributed by atoms with Gasteiger partial charge in [-0.3, -0.25) is 9.78 Å². The van der Waals surface area contributed by atoms with E-state index in [0.717, 1.165) is 31.5 Å². The Balaban J connectivity index is 2.01. The third-order valence-corrected chi connectivity index (χ3v) is 3.93. The first kappa shape index (κ1) is 14.5. The highest BCUT2D eigenvalue weighted by atomic mass is 16.4. The van der Waals surface area contributed by atoms with Crippen molar-refractivity contribution in [1.82, 2.24) is 9.88 Å². The minimum absolute atomic E-state index is 0.169. The fourth-order valence-electron chi connectivity index (χ4n) is 2.51. The Kier molecular flexibility index (Phi) is 4.71. The maximum Gasteiger partial charge on any atom is 0.337 e. The monoisotopic (exact) mass is 276 g/mol. The van der Waals surface area contributed by atoms with Crippen LogP contribution in [0.4, 0.5) is 0 Å². The van der Waals surface area contributed by atoms with Crippen LogP contribution >= 0.6 is 0 Å². The molecule has 1 amide bonds. The summed E-state index contributed by atoms with van der Waals surface area (Å²) in [5.74, 6) is -0.183. The van der Waals surface area contributed by atoms with Crippen molar-refractivity contribution in [2.45, 2.75) is 39.2 Å². The highest BCUT2D eigenvalue weighted by Crippen LogP contribution is 2.21. The Morgan fingerprint density at radius 3 is 2.85 bits per heavy atom. The summed E-state index contributed by atoms with van der Waals surface area (Å²) >= 11 is 0. The number of carboxylic acids is 1. The van der Waals surface area contributed by atoms with Gasteiger partial charge in [0, 0.05) is 19.2 Å². The summed E-state index contributed by atoms with van der Waals surface area (Å²) in [6.45, 7) is 3.39. The molecule has 20 heavy (non-hydrogen) atoms. The number of carbonyl (C=O) groups is 2. The highest BCUT2D eigenvalue weighted by molar-refractivity contribution is 5.87. The number of likely N-dealkylation sites (tertiary alicyclic amines) is 1. The lowest BCUT2D eigenvalue weighted by molar-refractivity contribution is -0.131. The molecule has 1 fully saturated rings. The van der Waals surface area contributed by atoms with Crippen molar-refractivity contribution in [2.75, 3.05) is 6.54 Å². The van der Waals surface area contributed by atoms with Gasteiger partial charge in [0.15, 0.2) is 0 Å². The number of rotatable bonds is 4. The van der Waals surface area contributed by atoms with Gasteiger partial charge in [0.25, 0.3) is 0 Å². The maximum absolute atomic E-state index is 12.1. The minimum Gasteiger partial charge on any atom is -0.478 e. The van der Waals surface area contributed by atoms with Gasteiger partial charge in [0.1, 0.15) is 0 Å². The van der Waals surface area contributed by atoms with Gasteiger partial charge >= 0.3 is 5.97 Å². The zero-order valence-corrected chi connectivity index (χ0v) is 11.7. The molecule has 1 saturated heterocycles. The third-order valence-electron chi connectivity index (χ3n) is 3.93. The van der Waals surface area contributed by atoms with E-state index < -0.39 is 5.97 Å². The summed E-state index contributed by atoms with van der Waals surface area (Å²) in [5.41, 5.74) is 0.903. The Bertz CT molecular complexity index is 484. The average Bonchev–Trinajstić information content (AvgIpc) is 2.62. The van der Waals surface area contributed by atoms with Crippen molar-refractivity contribution in [1.29, 1.82) is 0 Å². The Labute approximate surface area is 118 Å². The van der Waals surface area contributed by atoms with Crippen LogP contribution in [0, 0.1) is 5.92 Å². The molecule has 1 atom stereocenters. The first-order valence-electron chi connectivity index (χ1n) is 7.06. The fraction of sp³-hybridized carbons (Fsp3) is 0.533. The summed E-state index contributed by atoms with van der Waals surface area (Å²) in [6, 6.07) is 3.21. The predicted octanol–water partition coefficient (Wildman–Crippen LogP) is 2.32. The molecule has 1 aromatic heterocycles. The van der Waals surface area contributed by atoms with Crippen LogP contribution in [-0.2, 0) is 11.3 Å². The predicted molar refractivity (Wildman–Crippen MR) is 74.2 cm³/mol. The largest absolute Gasteiger partial charge is 0.478 e. The van der Waals surface area contributed by atoms with Crippen molar-refractivity contribution < 1.29 is 14.7 Å². The van der Waals surface area contributed by atoms with Gasteiger partial charge in [-0.25, -0.2) is 4.79 Å². The van der Waals surface area contributed by atoms with E-state index in [-0.39, 0.29) is 11.5 Å². The number of nitrogens with zero attached hydrogens (tertiary/aromatic N) is 2. The second-order valence-electron chi connectivity index (χ2n) is 5.26. The van der Waals surface area contributed by atoms with Gasteiger partial charge in [0.05, 0.1) is 17.8 Å². The summed E-state index contributed by atoms with van der Waals surface area (Å²) in [4.78, 5) is 28.8. The van der Waals surface area contributed by atoms with Crippen molar-refractivity contribution in [2.24, 2.45) is 5.92 Å². The van der Waals surface area contributed by atoms with Crippen molar-refractivity contribution in [3.63, 3.8) is 0 Å². The summed E-state index contributed by atoms with van der Waals surface area (Å²) in [5, 5.41) is 8.83. The number of hydrogen-bond donors (Lipinski definition) is 1. The summed E-state index contributed by atoms with van der Waals surface area (Å²) < 4.78 is 0. The summed E-state index contributed by atoms with van der Waals surface area (Å²) in [6.07, 6.45) is 5.07. The molecular formula is C15H20N2O3. The van der Waals surface area contributed by atoms with Crippen LogP contribution in [0.2, 0.25) is 0 Å². The highest BCUT2D eigenvalue weighted by Gasteiger charge is 2.21. The molecule has 0 saturated carbocycles. The van der Waals surface area contributed by atoms with Crippen LogP contribution in [0.15, 0.2) is 18.3 Å². The number of aromatic nitrogens is 1. The zero-order chi connectivity index (χ0) is 14.5. The van der Waals surface area contributed by atoms with E-state index in [1.54, 1.807) is 6.07 Å². The van der Waals surface area contributed by atoms with Crippen LogP contribution in [0.3, 0.4) is 0 Å². The number of pyridine rings is 1. The molecule has 1 aliphatic heterocycles. The van der Waals surface area contributed by atoms with E-state index in [1.165, 1.54) is 12.3 Å². The Morgan fingerprint density at radius 1 is 1.45 bits per heavy atom. The van der Waals surface area contributed by atoms with E-state index in [4.69, 9.17) is 5.11 Å². The molecule has 1 aromatic rings. The molecule has 2 rings (SSSR count). The number of carboxylic acid groups (broad SMARTS) is 1. The van der Waals surface area contributed by atoms with E-state index in [9.17, 15) is 9.59 Å². The molecule has 108 valence electrons. The molecule has 1 unspecified atom stereocenters. The topological polar surface area (TPSA) is 70.5 Å². The first-order valence-corrected chi connectivity index (χ1v) is 7.06. The van der Waals surface area contributed by atoms with Gasteiger partial charge in [-0.1, -0.05) is 13.3 Å². The second-order valence-corrected chi connectivity index (χ2v) is 5.26. The van der Waals surface area contributed by atoms with E-state index in [2.05, 4.69) is 11.9 Å². The van der Waals surface area contributed by atoms with Crippen LogP contribution in [0.5, 0.6) is 0 Å². The smallest absolute Gasteiger partial charge is 0.337 e. The Morgan fingerprint density at radius 2 is 2.25 bits per heavy atom. The van der Waals surface area contributed by atoms with E-state index >= 15 is 0 Å². The summed E-state index contributed by atoms with van der Waals surface area (Å²) in [7, 11) is 0. The lowest BCUT2D eigenvalue weighted by Crippen LogP contribution is -2.30. The standard InChI is InChI=1S/C15H20N2O3/c1-2-11-3-6-14(18)17(8-7-11)10-13-5-4-12(9-16-13)15(19)20/h4-5,9,11H,2-3,6-8,10H2,1H3,(H,19,20). The fourth-order valence-corrected chi connectivity index (χ4v) is 2.51. The van der Waals surface area contributed by atoms with Gasteiger partial charge < -0.3 is 10.0 Å². The number of hydrogen-bond acceptors (Lipinski definition) is 3. The normalized spacial score (nSPS) is 19.8. The van der Waals surface area contributed by atoms with Crippen molar-refractivity contribution >= 4 is 11.9 Å². The molecular weight excluding hydrogens is 256 g/mol. The van der Waals surface area contributed by atoms with Crippen LogP contribution < -0.4 is 0 Å². The van der Waals surface area contributed by atoms with Crippen LogP contribution in [0.1, 0.15) is 48.7 Å². The van der Waals surface area contributed by atoms with Gasteiger partial charge in [0.2, 0.25) is 5.91 Å². The second kappa shape index (κ2) is 6.50.